The molecule has 0 saturated carbocycles. The lowest BCUT2D eigenvalue weighted by Gasteiger charge is -2.52. The van der Waals surface area contributed by atoms with Crippen molar-refractivity contribution in [1.29, 1.82) is 0 Å². The van der Waals surface area contributed by atoms with E-state index in [0.717, 1.165) is 0 Å². The molecule has 5 aliphatic rings. The number of nitrogens with zero attached hydrogens (tertiary/aromatic N) is 3. The van der Waals surface area contributed by atoms with Gasteiger partial charge < -0.3 is 14.4 Å². The molecule has 0 saturated heterocycles. The number of aromatic nitrogens is 1. The second-order valence-corrected chi connectivity index (χ2v) is 15.5. The number of para-hydroxylation sites is 3. The first-order valence-electron chi connectivity index (χ1n) is 19.1. The summed E-state index contributed by atoms with van der Waals surface area (Å²) in [5, 5.41) is 2.64. The topological polar surface area (TPSA) is 11.4 Å². The molecule has 0 aliphatic carbocycles. The van der Waals surface area contributed by atoms with E-state index in [1.165, 1.54) is 111 Å². The van der Waals surface area contributed by atoms with Crippen LogP contribution in [0.5, 0.6) is 0 Å². The van der Waals surface area contributed by atoms with E-state index in [0.29, 0.717) is 0 Å². The van der Waals surface area contributed by atoms with Gasteiger partial charge in [-0.25, -0.2) is 0 Å². The van der Waals surface area contributed by atoms with E-state index >= 15 is 0 Å². The molecule has 6 heterocycles. The second-order valence-electron chi connectivity index (χ2n) is 15.5. The van der Waals surface area contributed by atoms with E-state index in [-0.39, 0.29) is 20.1 Å². The summed E-state index contributed by atoms with van der Waals surface area (Å²) < 4.78 is 2.61. The number of benzene rings is 8. The van der Waals surface area contributed by atoms with Crippen LogP contribution in [0.1, 0.15) is 0 Å². The van der Waals surface area contributed by atoms with Crippen LogP contribution in [0, 0.1) is 0 Å². The Hall–Kier alpha value is -6.65. The maximum Gasteiger partial charge on any atom is 0.257 e. The highest BCUT2D eigenvalue weighted by Gasteiger charge is 2.54. The number of hydrogen-bond donors (Lipinski definition) is 0. The lowest BCUT2D eigenvalue weighted by atomic mass is 9.25. The van der Waals surface area contributed by atoms with Gasteiger partial charge in [0.1, 0.15) is 0 Å². The minimum absolute atomic E-state index is 0.0892. The first kappa shape index (κ1) is 27.9. The Morgan fingerprint density at radius 3 is 1.56 bits per heavy atom. The summed E-state index contributed by atoms with van der Waals surface area (Å²) in [7, 11) is 0. The van der Waals surface area contributed by atoms with E-state index in [2.05, 4.69) is 184 Å². The summed E-state index contributed by atoms with van der Waals surface area (Å²) in [5.41, 5.74) is 24.3. The highest BCUT2D eigenvalue weighted by Crippen LogP contribution is 2.48. The molecule has 0 radical (unpaired) electrons. The van der Waals surface area contributed by atoms with Crippen molar-refractivity contribution in [3.8, 4) is 5.69 Å². The van der Waals surface area contributed by atoms with Crippen molar-refractivity contribution in [3.05, 3.63) is 170 Å². The molecule has 0 bridgehead atoms. The molecule has 0 spiro atoms. The van der Waals surface area contributed by atoms with E-state index in [9.17, 15) is 0 Å². The minimum Gasteiger partial charge on any atom is -0.313 e. The van der Waals surface area contributed by atoms with Crippen molar-refractivity contribution in [2.45, 2.75) is 0 Å². The molecule has 244 valence electrons. The van der Waals surface area contributed by atoms with Crippen LogP contribution in [0.4, 0.5) is 34.1 Å². The van der Waals surface area contributed by atoms with Gasteiger partial charge in [0.25, 0.3) is 6.71 Å². The van der Waals surface area contributed by atoms with Gasteiger partial charge in [0.2, 0.25) is 13.4 Å². The maximum absolute atomic E-state index is 2.73. The molecule has 0 N–H and O–H groups in total. The molecule has 0 unspecified atom stereocenters. The number of rotatable bonds is 3. The van der Waals surface area contributed by atoms with Crippen LogP contribution < -0.4 is 59.0 Å². The van der Waals surface area contributed by atoms with Gasteiger partial charge >= 0.3 is 0 Å². The predicted molar refractivity (Wildman–Crippen MR) is 231 cm³/mol. The summed E-state index contributed by atoms with van der Waals surface area (Å²) in [6.45, 7) is 0.312. The predicted octanol–water partition coefficient (Wildman–Crippen LogP) is 4.84. The van der Waals surface area contributed by atoms with Crippen molar-refractivity contribution in [2.24, 2.45) is 0 Å². The number of hydrogen-bond acceptors (Lipinski definition) is 2. The monoisotopic (exact) mass is 679 g/mol. The average Bonchev–Trinajstić information content (AvgIpc) is 3.58. The SMILES string of the molecule is c1ccc(B2c3cccc4c3N3c5c2ccc2c5B5c6c(ccc(c63)B4c3ccccc3)-n3c4ccccc4c4ccc(c5c43)N2c2ccccc2)cc1. The molecule has 5 aliphatic heterocycles. The fourth-order valence-corrected chi connectivity index (χ4v) is 11.4. The van der Waals surface area contributed by atoms with E-state index in [4.69, 9.17) is 0 Å². The molecule has 3 nitrogen and oxygen atoms in total. The number of fused-ring (bicyclic) bond motifs is 4. The smallest absolute Gasteiger partial charge is 0.257 e. The lowest BCUT2D eigenvalue weighted by Crippen LogP contribution is -2.73. The van der Waals surface area contributed by atoms with Gasteiger partial charge in [-0.3, -0.25) is 0 Å². The van der Waals surface area contributed by atoms with Gasteiger partial charge in [0.15, 0.2) is 0 Å². The standard InChI is InChI=1S/C48H28B3N3/c1-4-13-29(14-5-1)49-34-20-12-21-35-46(34)54-47-36(49)24-27-40-43(47)51-42-39(52(40)31-17-8-3-9-18-31)26-23-33-32-19-10-11-22-38(32)53(45(33)42)41-28-25-37(48(54)44(41)51)50(35)30-15-6-2-7-16-30/h1-28H. The largest absolute Gasteiger partial charge is 0.313 e. The van der Waals surface area contributed by atoms with Crippen LogP contribution in [0.2, 0.25) is 0 Å². The fraction of sp³-hybridized carbons (Fsp3) is 0. The van der Waals surface area contributed by atoms with Crippen LogP contribution in [0.3, 0.4) is 0 Å². The first-order valence-corrected chi connectivity index (χ1v) is 19.1. The van der Waals surface area contributed by atoms with Gasteiger partial charge in [-0.15, -0.1) is 0 Å². The third-order valence-corrected chi connectivity index (χ3v) is 13.2. The van der Waals surface area contributed by atoms with Gasteiger partial charge in [-0.1, -0.05) is 144 Å². The van der Waals surface area contributed by atoms with Crippen LogP contribution in [0.25, 0.3) is 27.5 Å². The van der Waals surface area contributed by atoms with Crippen molar-refractivity contribution in [2.75, 3.05) is 9.80 Å². The highest BCUT2D eigenvalue weighted by atomic mass is 15.2. The molecular formula is C48H28B3N3. The molecule has 1 aromatic heterocycles. The molecule has 0 amide bonds. The van der Waals surface area contributed by atoms with Crippen molar-refractivity contribution in [3.63, 3.8) is 0 Å². The average molecular weight is 679 g/mol. The van der Waals surface area contributed by atoms with Crippen LogP contribution in [-0.2, 0) is 0 Å². The molecule has 8 aromatic carbocycles. The number of anilines is 6. The summed E-state index contributed by atoms with van der Waals surface area (Å²) in [4.78, 5) is 5.28. The van der Waals surface area contributed by atoms with Crippen molar-refractivity contribution < 1.29 is 0 Å². The van der Waals surface area contributed by atoms with Crippen molar-refractivity contribution in [1.82, 2.24) is 4.57 Å². The summed E-state index contributed by atoms with van der Waals surface area (Å²) >= 11 is 0. The molecule has 9 aromatic rings. The Morgan fingerprint density at radius 2 is 0.870 bits per heavy atom. The zero-order chi connectivity index (χ0) is 34.8. The Kier molecular flexibility index (Phi) is 5.00. The normalized spacial score (nSPS) is 14.5. The Bertz CT molecular complexity index is 3130. The molecule has 54 heavy (non-hydrogen) atoms. The lowest BCUT2D eigenvalue weighted by molar-refractivity contribution is 1.17. The molecule has 0 atom stereocenters. The zero-order valence-corrected chi connectivity index (χ0v) is 29.2. The Labute approximate surface area is 314 Å². The van der Waals surface area contributed by atoms with Crippen LogP contribution in [0.15, 0.2) is 170 Å². The maximum atomic E-state index is 2.73. The summed E-state index contributed by atoms with van der Waals surface area (Å²) in [6.07, 6.45) is 0. The summed E-state index contributed by atoms with van der Waals surface area (Å²) in [6, 6.07) is 64.2. The third-order valence-electron chi connectivity index (χ3n) is 13.2. The molecule has 14 rings (SSSR count). The van der Waals surface area contributed by atoms with E-state index < -0.39 is 0 Å². The minimum atomic E-state index is 0.0892. The Morgan fingerprint density at radius 1 is 0.333 bits per heavy atom. The molecule has 6 heteroatoms. The second kappa shape index (κ2) is 9.66. The van der Waals surface area contributed by atoms with E-state index in [1.54, 1.807) is 0 Å². The van der Waals surface area contributed by atoms with Gasteiger partial charge in [-0.05, 0) is 74.6 Å². The zero-order valence-electron chi connectivity index (χ0n) is 29.2. The Balaban J connectivity index is 1.22. The quantitative estimate of drug-likeness (QED) is 0.248. The molecule has 0 fully saturated rings. The highest BCUT2D eigenvalue weighted by molar-refractivity contribution is 7.08. The van der Waals surface area contributed by atoms with Gasteiger partial charge in [0, 0.05) is 50.6 Å². The van der Waals surface area contributed by atoms with Crippen LogP contribution >= 0.6 is 0 Å². The summed E-state index contributed by atoms with van der Waals surface area (Å²) in [5.74, 6) is 0. The van der Waals surface area contributed by atoms with Gasteiger partial charge in [0.05, 0.1) is 11.0 Å². The van der Waals surface area contributed by atoms with Gasteiger partial charge in [-0.2, -0.15) is 0 Å². The first-order chi connectivity index (χ1) is 26.9. The fourth-order valence-electron chi connectivity index (χ4n) is 11.4. The van der Waals surface area contributed by atoms with E-state index in [1.807, 2.05) is 0 Å². The van der Waals surface area contributed by atoms with Crippen LogP contribution in [-0.4, -0.2) is 24.7 Å². The molecular weight excluding hydrogens is 651 g/mol. The third kappa shape index (κ3) is 3.11. The van der Waals surface area contributed by atoms with Crippen molar-refractivity contribution >= 4 is 125 Å².